The second-order valence-electron chi connectivity index (χ2n) is 5.18. The van der Waals surface area contributed by atoms with E-state index >= 15 is 0 Å². The Morgan fingerprint density at radius 2 is 1.87 bits per heavy atom. The minimum atomic E-state index is -0.000231. The largest absolute Gasteiger partial charge is 0.497 e. The zero-order valence-electron chi connectivity index (χ0n) is 12.6. The molecule has 0 aliphatic rings. The van der Waals surface area contributed by atoms with E-state index in [2.05, 4.69) is 50.2 Å². The number of nitrogens with zero attached hydrogens (tertiary/aromatic N) is 2. The van der Waals surface area contributed by atoms with Crippen molar-refractivity contribution < 1.29 is 4.74 Å². The first-order valence-corrected chi connectivity index (χ1v) is 9.14. The molecule has 4 nitrogen and oxygen atoms in total. The van der Waals surface area contributed by atoms with Gasteiger partial charge in [0, 0.05) is 7.14 Å². The third-order valence-corrected chi connectivity index (χ3v) is 5.11. The average Bonchev–Trinajstić information content (AvgIpc) is 2.53. The van der Waals surface area contributed by atoms with E-state index in [1.165, 1.54) is 0 Å². The van der Waals surface area contributed by atoms with Crippen molar-refractivity contribution in [1.29, 1.82) is 0 Å². The molecular weight excluding hydrogens is 518 g/mol. The van der Waals surface area contributed by atoms with Gasteiger partial charge in [-0.05, 0) is 81.9 Å². The van der Waals surface area contributed by atoms with Gasteiger partial charge in [0.1, 0.15) is 11.6 Å². The van der Waals surface area contributed by atoms with Crippen LogP contribution in [0.1, 0.15) is 11.4 Å². The van der Waals surface area contributed by atoms with Crippen LogP contribution in [0.3, 0.4) is 0 Å². The quantitative estimate of drug-likeness (QED) is 0.480. The van der Waals surface area contributed by atoms with Gasteiger partial charge < -0.3 is 4.74 Å². The van der Waals surface area contributed by atoms with Crippen LogP contribution in [-0.4, -0.2) is 16.7 Å². The van der Waals surface area contributed by atoms with Crippen molar-refractivity contribution in [3.05, 3.63) is 65.3 Å². The summed E-state index contributed by atoms with van der Waals surface area (Å²) in [5.41, 5.74) is 1.82. The maximum absolute atomic E-state index is 12.9. The maximum atomic E-state index is 12.9. The lowest BCUT2D eigenvalue weighted by Gasteiger charge is -2.12. The monoisotopic (exact) mass is 532 g/mol. The van der Waals surface area contributed by atoms with Crippen molar-refractivity contribution in [2.45, 2.75) is 13.5 Å². The third kappa shape index (κ3) is 3.37. The lowest BCUT2D eigenvalue weighted by molar-refractivity contribution is 0.414. The summed E-state index contributed by atoms with van der Waals surface area (Å²) >= 11 is 4.46. The summed E-state index contributed by atoms with van der Waals surface area (Å²) in [6.07, 6.45) is 0. The first-order chi connectivity index (χ1) is 11.0. The molecular formula is C17H14I2N2O2. The molecule has 1 heterocycles. The van der Waals surface area contributed by atoms with Gasteiger partial charge in [-0.1, -0.05) is 12.1 Å². The SMILES string of the molecule is COc1ccc(Cn2c(C)nc3c(I)cc(I)cc3c2=O)cc1. The number of hydrogen-bond donors (Lipinski definition) is 0. The predicted octanol–water partition coefficient (Wildman–Crippen LogP) is 3.97. The first kappa shape index (κ1) is 16.7. The van der Waals surface area contributed by atoms with E-state index in [0.717, 1.165) is 29.8 Å². The van der Waals surface area contributed by atoms with Crippen LogP contribution in [0.25, 0.3) is 10.9 Å². The smallest absolute Gasteiger partial charge is 0.261 e. The maximum Gasteiger partial charge on any atom is 0.261 e. The molecule has 0 atom stereocenters. The van der Waals surface area contributed by atoms with Gasteiger partial charge in [-0.25, -0.2) is 4.98 Å². The highest BCUT2D eigenvalue weighted by atomic mass is 127. The predicted molar refractivity (Wildman–Crippen MR) is 108 cm³/mol. The van der Waals surface area contributed by atoms with Crippen LogP contribution >= 0.6 is 45.2 Å². The molecule has 0 unspecified atom stereocenters. The molecule has 23 heavy (non-hydrogen) atoms. The Kier molecular flexibility index (Phi) is 4.90. The molecule has 3 aromatic rings. The minimum absolute atomic E-state index is 0.000231. The van der Waals surface area contributed by atoms with E-state index in [1.54, 1.807) is 11.7 Å². The Bertz CT molecular complexity index is 934. The van der Waals surface area contributed by atoms with Crippen molar-refractivity contribution in [3.8, 4) is 5.75 Å². The molecule has 0 saturated carbocycles. The number of aromatic nitrogens is 2. The zero-order chi connectivity index (χ0) is 16.6. The second-order valence-corrected chi connectivity index (χ2v) is 7.59. The second kappa shape index (κ2) is 6.76. The van der Waals surface area contributed by atoms with Gasteiger partial charge >= 0.3 is 0 Å². The summed E-state index contributed by atoms with van der Waals surface area (Å²) in [7, 11) is 1.64. The molecule has 0 fully saturated rings. The molecule has 3 rings (SSSR count). The van der Waals surface area contributed by atoms with Crippen LogP contribution in [0.2, 0.25) is 0 Å². The molecule has 0 saturated heterocycles. The van der Waals surface area contributed by atoms with Crippen molar-refractivity contribution in [1.82, 2.24) is 9.55 Å². The average molecular weight is 532 g/mol. The molecule has 2 aromatic carbocycles. The molecule has 0 radical (unpaired) electrons. The summed E-state index contributed by atoms with van der Waals surface area (Å²) in [4.78, 5) is 17.5. The van der Waals surface area contributed by atoms with Crippen molar-refractivity contribution in [3.63, 3.8) is 0 Å². The Hall–Kier alpha value is -1.16. The van der Waals surface area contributed by atoms with E-state index in [9.17, 15) is 4.79 Å². The standard InChI is InChI=1S/C17H14I2N2O2/c1-10-20-16-14(7-12(18)8-15(16)19)17(22)21(10)9-11-3-5-13(23-2)6-4-11/h3-8H,9H2,1-2H3. The van der Waals surface area contributed by atoms with Gasteiger partial charge in [-0.2, -0.15) is 0 Å². The van der Waals surface area contributed by atoms with Crippen LogP contribution in [0.15, 0.2) is 41.2 Å². The van der Waals surface area contributed by atoms with E-state index in [0.29, 0.717) is 11.9 Å². The van der Waals surface area contributed by atoms with Crippen LogP contribution in [-0.2, 0) is 6.54 Å². The highest BCUT2D eigenvalue weighted by molar-refractivity contribution is 14.1. The van der Waals surface area contributed by atoms with Gasteiger partial charge in [-0.15, -0.1) is 0 Å². The number of halogens is 2. The number of methoxy groups -OCH3 is 1. The van der Waals surface area contributed by atoms with Gasteiger partial charge in [0.25, 0.3) is 5.56 Å². The molecule has 0 aliphatic heterocycles. The van der Waals surface area contributed by atoms with Crippen molar-refractivity contribution in [2.24, 2.45) is 0 Å². The molecule has 0 aliphatic carbocycles. The first-order valence-electron chi connectivity index (χ1n) is 6.98. The van der Waals surface area contributed by atoms with Crippen LogP contribution < -0.4 is 10.3 Å². The van der Waals surface area contributed by atoms with Crippen LogP contribution in [0, 0.1) is 14.1 Å². The number of fused-ring (bicyclic) bond motifs is 1. The van der Waals surface area contributed by atoms with Gasteiger partial charge in [0.05, 0.1) is 24.6 Å². The summed E-state index contributed by atoms with van der Waals surface area (Å²) < 4.78 is 8.93. The van der Waals surface area contributed by atoms with Gasteiger partial charge in [0.2, 0.25) is 0 Å². The summed E-state index contributed by atoms with van der Waals surface area (Å²) in [6.45, 7) is 2.37. The molecule has 0 bridgehead atoms. The van der Waals surface area contributed by atoms with Crippen LogP contribution in [0.5, 0.6) is 5.75 Å². The fourth-order valence-electron chi connectivity index (χ4n) is 2.46. The normalized spacial score (nSPS) is 11.0. The number of rotatable bonds is 3. The fourth-order valence-corrected chi connectivity index (χ4v) is 4.42. The Labute approximate surface area is 161 Å². The van der Waals surface area contributed by atoms with E-state index in [-0.39, 0.29) is 5.56 Å². The summed E-state index contributed by atoms with van der Waals surface area (Å²) in [5.74, 6) is 1.52. The lowest BCUT2D eigenvalue weighted by atomic mass is 10.2. The zero-order valence-corrected chi connectivity index (χ0v) is 17.0. The molecule has 6 heteroatoms. The van der Waals surface area contributed by atoms with Gasteiger partial charge in [-0.3, -0.25) is 9.36 Å². The van der Waals surface area contributed by atoms with Crippen molar-refractivity contribution in [2.75, 3.05) is 7.11 Å². The van der Waals surface area contributed by atoms with Gasteiger partial charge in [0.15, 0.2) is 0 Å². The lowest BCUT2D eigenvalue weighted by Crippen LogP contribution is -2.24. The minimum Gasteiger partial charge on any atom is -0.497 e. The number of hydrogen-bond acceptors (Lipinski definition) is 3. The van der Waals surface area contributed by atoms with E-state index in [1.807, 2.05) is 43.3 Å². The Balaban J connectivity index is 2.11. The van der Waals surface area contributed by atoms with E-state index < -0.39 is 0 Å². The fraction of sp³-hybridized carbons (Fsp3) is 0.176. The van der Waals surface area contributed by atoms with Crippen molar-refractivity contribution >= 4 is 56.1 Å². The highest BCUT2D eigenvalue weighted by Crippen LogP contribution is 2.21. The molecule has 0 amide bonds. The molecule has 1 aromatic heterocycles. The molecule has 0 N–H and O–H groups in total. The third-order valence-electron chi connectivity index (χ3n) is 3.67. The Morgan fingerprint density at radius 3 is 2.52 bits per heavy atom. The number of aryl methyl sites for hydroxylation is 1. The summed E-state index contributed by atoms with van der Waals surface area (Å²) in [6, 6.07) is 11.7. The highest BCUT2D eigenvalue weighted by Gasteiger charge is 2.12. The molecule has 118 valence electrons. The summed E-state index contributed by atoms with van der Waals surface area (Å²) in [5, 5.41) is 0.667. The number of benzene rings is 2. The molecule has 0 spiro atoms. The topological polar surface area (TPSA) is 44.1 Å². The Morgan fingerprint density at radius 1 is 1.17 bits per heavy atom. The van der Waals surface area contributed by atoms with Crippen LogP contribution in [0.4, 0.5) is 0 Å². The number of ether oxygens (including phenoxy) is 1. The van der Waals surface area contributed by atoms with E-state index in [4.69, 9.17) is 4.74 Å².